The minimum absolute atomic E-state index is 0.0257. The molecule has 4 aliphatic rings. The molecule has 0 spiro atoms. The molecule has 2 aliphatic carbocycles. The van der Waals surface area contributed by atoms with E-state index in [1.165, 1.54) is 0 Å². The molecule has 1 amide bonds. The van der Waals surface area contributed by atoms with Crippen molar-refractivity contribution >= 4 is 5.91 Å². The van der Waals surface area contributed by atoms with Crippen LogP contribution in [0.25, 0.3) is 11.5 Å². The van der Waals surface area contributed by atoms with Crippen LogP contribution in [0.3, 0.4) is 0 Å². The van der Waals surface area contributed by atoms with E-state index in [4.69, 9.17) is 4.42 Å². The maximum Gasteiger partial charge on any atom is 0.311 e. The summed E-state index contributed by atoms with van der Waals surface area (Å²) in [7, 11) is 0. The number of hydrogen-bond donors (Lipinski definition) is 3. The number of carbonyl (C=O) groups excluding carboxylic acids is 1. The van der Waals surface area contributed by atoms with Crippen LogP contribution in [0.15, 0.2) is 35.0 Å². The molecule has 1 aromatic heterocycles. The van der Waals surface area contributed by atoms with Gasteiger partial charge in [0, 0.05) is 42.6 Å². The van der Waals surface area contributed by atoms with E-state index in [1.807, 2.05) is 34.4 Å². The van der Waals surface area contributed by atoms with Gasteiger partial charge in [0.25, 0.3) is 0 Å². The van der Waals surface area contributed by atoms with Crippen molar-refractivity contribution in [3.8, 4) is 17.5 Å². The molecular weight excluding hydrogens is 420 g/mol. The molecule has 1 aromatic carbocycles. The van der Waals surface area contributed by atoms with E-state index in [2.05, 4.69) is 32.5 Å². The summed E-state index contributed by atoms with van der Waals surface area (Å²) >= 11 is 0. The number of nitrogens with zero attached hydrogens (tertiary/aromatic N) is 5. The molecule has 2 saturated carbocycles. The van der Waals surface area contributed by atoms with E-state index in [0.717, 1.165) is 56.3 Å². The van der Waals surface area contributed by atoms with Crippen molar-refractivity contribution in [3.05, 3.63) is 47.6 Å². The fraction of sp³-hybridized carbons (Fsp3) is 0.478. The first-order valence-electron chi connectivity index (χ1n) is 11.6. The molecule has 0 radical (unpaired) electrons. The first-order valence-corrected chi connectivity index (χ1v) is 11.6. The largest absolute Gasteiger partial charge is 0.412 e. The summed E-state index contributed by atoms with van der Waals surface area (Å²) < 4.78 is 5.92. The van der Waals surface area contributed by atoms with Crippen LogP contribution in [0, 0.1) is 11.3 Å². The second-order valence-corrected chi connectivity index (χ2v) is 9.26. The van der Waals surface area contributed by atoms with Crippen molar-refractivity contribution < 1.29 is 9.21 Å². The summed E-state index contributed by atoms with van der Waals surface area (Å²) in [5.74, 6) is 0.597. The number of benzene rings is 1. The van der Waals surface area contributed by atoms with E-state index in [0.29, 0.717) is 17.4 Å². The average molecular weight is 447 g/mol. The predicted molar refractivity (Wildman–Crippen MR) is 118 cm³/mol. The number of hydrazine groups is 2. The van der Waals surface area contributed by atoms with Crippen LogP contribution >= 0.6 is 0 Å². The molecule has 6 rings (SSSR count). The maximum absolute atomic E-state index is 13.5. The fourth-order valence-corrected chi connectivity index (χ4v) is 4.85. The normalized spacial score (nSPS) is 24.0. The third kappa shape index (κ3) is 4.05. The summed E-state index contributed by atoms with van der Waals surface area (Å²) in [6, 6.07) is 8.35. The van der Waals surface area contributed by atoms with Gasteiger partial charge in [-0.1, -0.05) is 6.07 Å². The van der Waals surface area contributed by atoms with Crippen molar-refractivity contribution in [3.63, 3.8) is 0 Å². The third-order valence-electron chi connectivity index (χ3n) is 6.77. The molecule has 2 aromatic rings. The zero-order valence-corrected chi connectivity index (χ0v) is 18.2. The predicted octanol–water partition coefficient (Wildman–Crippen LogP) is 1.62. The molecule has 1 unspecified atom stereocenters. The molecule has 1 saturated heterocycles. The van der Waals surface area contributed by atoms with Crippen LogP contribution < -0.4 is 16.3 Å². The van der Waals surface area contributed by atoms with E-state index in [9.17, 15) is 10.1 Å². The van der Waals surface area contributed by atoms with E-state index in [1.54, 1.807) is 6.07 Å². The standard InChI is InChI=1S/C23H26N8O2/c24-11-14-1-6-19(15-2-3-15)20(9-14)21-27-28-22(33-21)23(32)31(17-4-5-17)18-10-16(25-12-18)13-30-8-7-26-29-30/h1,6-9,15-18,25-26,29H,2-5,10,12-13H2/t16?,18-/m1/s1. The summed E-state index contributed by atoms with van der Waals surface area (Å²) in [6.45, 7) is 1.55. The molecule has 170 valence electrons. The minimum atomic E-state index is -0.200. The highest BCUT2D eigenvalue weighted by Gasteiger charge is 2.42. The van der Waals surface area contributed by atoms with E-state index in [-0.39, 0.29) is 29.9 Å². The Morgan fingerprint density at radius 3 is 2.85 bits per heavy atom. The summed E-state index contributed by atoms with van der Waals surface area (Å²) in [6.07, 6.45) is 8.91. The second-order valence-electron chi connectivity index (χ2n) is 9.26. The number of rotatable bonds is 7. The second kappa shape index (κ2) is 8.17. The van der Waals surface area contributed by atoms with Gasteiger partial charge in [0.1, 0.15) is 0 Å². The van der Waals surface area contributed by atoms with Gasteiger partial charge < -0.3 is 20.1 Å². The van der Waals surface area contributed by atoms with Gasteiger partial charge in [0.2, 0.25) is 5.89 Å². The molecule has 2 atom stereocenters. The first-order chi connectivity index (χ1) is 16.2. The summed E-state index contributed by atoms with van der Waals surface area (Å²) in [4.78, 5) is 15.4. The number of nitrogens with one attached hydrogen (secondary N) is 3. The Morgan fingerprint density at radius 1 is 1.24 bits per heavy atom. The maximum atomic E-state index is 13.5. The average Bonchev–Trinajstić information content (AvgIpc) is 3.69. The Labute approximate surface area is 191 Å². The molecular formula is C23H26N8O2. The Morgan fingerprint density at radius 2 is 2.12 bits per heavy atom. The van der Waals surface area contributed by atoms with Crippen LogP contribution in [0.5, 0.6) is 0 Å². The molecule has 3 fully saturated rings. The number of hydrogen-bond acceptors (Lipinski definition) is 9. The molecule has 2 aliphatic heterocycles. The van der Waals surface area contributed by atoms with Crippen LogP contribution in [0.1, 0.15) is 59.8 Å². The van der Waals surface area contributed by atoms with Crippen LogP contribution in [-0.4, -0.2) is 57.2 Å². The van der Waals surface area contributed by atoms with Gasteiger partial charge in [0.15, 0.2) is 0 Å². The van der Waals surface area contributed by atoms with Gasteiger partial charge in [-0.05, 0) is 55.7 Å². The number of amides is 1. The van der Waals surface area contributed by atoms with Gasteiger partial charge in [0.05, 0.1) is 18.2 Å². The first kappa shape index (κ1) is 20.2. The van der Waals surface area contributed by atoms with Crippen LogP contribution in [0.4, 0.5) is 0 Å². The van der Waals surface area contributed by atoms with Gasteiger partial charge in [-0.3, -0.25) is 9.80 Å². The van der Waals surface area contributed by atoms with Crippen molar-refractivity contribution in [1.29, 1.82) is 5.26 Å². The lowest BCUT2D eigenvalue weighted by molar-refractivity contribution is 0.0632. The van der Waals surface area contributed by atoms with Crippen molar-refractivity contribution in [2.45, 2.75) is 56.1 Å². The van der Waals surface area contributed by atoms with E-state index >= 15 is 0 Å². The highest BCUT2D eigenvalue weighted by Crippen LogP contribution is 2.44. The van der Waals surface area contributed by atoms with Gasteiger partial charge in [-0.15, -0.1) is 15.7 Å². The van der Waals surface area contributed by atoms with Gasteiger partial charge in [-0.2, -0.15) is 5.26 Å². The Bertz CT molecular complexity index is 1130. The molecule has 3 N–H and O–H groups in total. The third-order valence-corrected chi connectivity index (χ3v) is 6.77. The lowest BCUT2D eigenvalue weighted by Crippen LogP contribution is -2.43. The zero-order valence-electron chi connectivity index (χ0n) is 18.2. The molecule has 0 bridgehead atoms. The highest BCUT2D eigenvalue weighted by molar-refractivity contribution is 5.90. The minimum Gasteiger partial charge on any atom is -0.412 e. The monoisotopic (exact) mass is 446 g/mol. The molecule has 33 heavy (non-hydrogen) atoms. The molecule has 10 heteroatoms. The summed E-state index contributed by atoms with van der Waals surface area (Å²) in [5, 5.41) is 23.2. The highest BCUT2D eigenvalue weighted by atomic mass is 16.4. The van der Waals surface area contributed by atoms with Gasteiger partial charge >= 0.3 is 11.8 Å². The Hall–Kier alpha value is -3.42. The lowest BCUT2D eigenvalue weighted by Gasteiger charge is -2.27. The Kier molecular flexibility index (Phi) is 5.00. The van der Waals surface area contributed by atoms with Crippen molar-refractivity contribution in [1.82, 2.24) is 36.4 Å². The molecule has 10 nitrogen and oxygen atoms in total. The fourth-order valence-electron chi connectivity index (χ4n) is 4.85. The van der Waals surface area contributed by atoms with Crippen molar-refractivity contribution in [2.75, 3.05) is 13.1 Å². The van der Waals surface area contributed by atoms with Crippen LogP contribution in [0.2, 0.25) is 0 Å². The SMILES string of the molecule is N#Cc1ccc(C2CC2)c(-c2nnc(C(=O)N(C3CC3)[C@H]3CNC(CN4C=CNN4)C3)o2)c1. The topological polar surface area (TPSA) is 122 Å². The quantitative estimate of drug-likeness (QED) is 0.582. The van der Waals surface area contributed by atoms with Crippen LogP contribution in [-0.2, 0) is 0 Å². The zero-order chi connectivity index (χ0) is 22.4. The Balaban J connectivity index is 1.21. The van der Waals surface area contributed by atoms with E-state index < -0.39 is 0 Å². The smallest absolute Gasteiger partial charge is 0.311 e. The van der Waals surface area contributed by atoms with Crippen molar-refractivity contribution in [2.24, 2.45) is 0 Å². The number of nitriles is 1. The number of aromatic nitrogens is 2. The molecule has 3 heterocycles. The van der Waals surface area contributed by atoms with Gasteiger partial charge in [-0.25, -0.2) is 0 Å². The summed E-state index contributed by atoms with van der Waals surface area (Å²) in [5.41, 5.74) is 8.41. The lowest BCUT2D eigenvalue weighted by atomic mass is 10.0. The number of carbonyl (C=O) groups is 1.